The molecular formula is C27H41N7O2. The Morgan fingerprint density at radius 2 is 1.67 bits per heavy atom. The summed E-state index contributed by atoms with van der Waals surface area (Å²) in [6, 6.07) is 8.40. The van der Waals surface area contributed by atoms with Crippen molar-refractivity contribution in [1.82, 2.24) is 20.2 Å². The molecule has 1 aromatic carbocycles. The number of nitrogens with zero attached hydrogens (tertiary/aromatic N) is 6. The standard InChI is InChI=1S/C20H27N5O2.C5H11N.C2H3N/c1-14-17(5-4-6-18(14)26-2)25-10-7-15-16(13-25)22-20(27-3)23-19(15)24-11-8-21-9-12-24;1-6-4-2-3-5-6;1-2-3/h4-6,21H,7-13H2,1-3H3;2-5H2,1H3;1H3. The average molecular weight is 496 g/mol. The maximum atomic E-state index is 7.32. The van der Waals surface area contributed by atoms with Gasteiger partial charge in [0, 0.05) is 56.5 Å². The molecule has 4 heterocycles. The van der Waals surface area contributed by atoms with Crippen LogP contribution in [0, 0.1) is 18.3 Å². The molecule has 0 amide bonds. The van der Waals surface area contributed by atoms with Crippen molar-refractivity contribution in [1.29, 1.82) is 5.26 Å². The lowest BCUT2D eigenvalue weighted by atomic mass is 10.0. The lowest BCUT2D eigenvalue weighted by molar-refractivity contribution is 0.376. The number of piperazine rings is 1. The fourth-order valence-electron chi connectivity index (χ4n) is 4.87. The van der Waals surface area contributed by atoms with E-state index in [0.29, 0.717) is 6.01 Å². The molecule has 3 aliphatic heterocycles. The van der Waals surface area contributed by atoms with E-state index in [9.17, 15) is 0 Å². The lowest BCUT2D eigenvalue weighted by Crippen LogP contribution is -2.45. The van der Waals surface area contributed by atoms with Crippen LogP contribution in [0.15, 0.2) is 18.2 Å². The summed E-state index contributed by atoms with van der Waals surface area (Å²) in [7, 11) is 5.53. The van der Waals surface area contributed by atoms with Gasteiger partial charge in [-0.1, -0.05) is 6.07 Å². The maximum Gasteiger partial charge on any atom is 0.318 e. The van der Waals surface area contributed by atoms with Gasteiger partial charge in [-0.15, -0.1) is 0 Å². The molecule has 0 bridgehead atoms. The van der Waals surface area contributed by atoms with Crippen molar-refractivity contribution in [3.63, 3.8) is 0 Å². The Morgan fingerprint density at radius 3 is 2.25 bits per heavy atom. The van der Waals surface area contributed by atoms with Gasteiger partial charge in [-0.25, -0.2) is 0 Å². The SMILES string of the molecule is CC#N.CN1CCCC1.COc1nc2c(c(N3CCNCC3)n1)CCN(c1cccc(OC)c1C)C2. The Bertz CT molecular complexity index is 1010. The lowest BCUT2D eigenvalue weighted by Gasteiger charge is -2.35. The largest absolute Gasteiger partial charge is 0.496 e. The molecule has 0 aliphatic carbocycles. The summed E-state index contributed by atoms with van der Waals surface area (Å²) in [5.74, 6) is 1.96. The minimum absolute atomic E-state index is 0.450. The molecular weight excluding hydrogens is 454 g/mol. The first kappa shape index (κ1) is 27.5. The second-order valence-corrected chi connectivity index (χ2v) is 9.21. The number of likely N-dealkylation sites (tertiary alicyclic amines) is 1. The summed E-state index contributed by atoms with van der Waals surface area (Å²) in [6.45, 7) is 11.8. The molecule has 3 aliphatic rings. The molecule has 0 radical (unpaired) electrons. The quantitative estimate of drug-likeness (QED) is 0.687. The van der Waals surface area contributed by atoms with E-state index >= 15 is 0 Å². The number of rotatable bonds is 4. The predicted octanol–water partition coefficient (Wildman–Crippen LogP) is 3.02. The van der Waals surface area contributed by atoms with Crippen LogP contribution >= 0.6 is 0 Å². The first-order chi connectivity index (χ1) is 17.5. The summed E-state index contributed by atoms with van der Waals surface area (Å²) in [5.41, 5.74) is 4.67. The minimum atomic E-state index is 0.450. The number of aromatic nitrogens is 2. The number of anilines is 2. The van der Waals surface area contributed by atoms with E-state index < -0.39 is 0 Å². The Balaban J connectivity index is 0.000000341. The number of hydrogen-bond acceptors (Lipinski definition) is 9. The van der Waals surface area contributed by atoms with E-state index in [1.165, 1.54) is 44.1 Å². The summed E-state index contributed by atoms with van der Waals surface area (Å²) in [5, 5.41) is 10.7. The van der Waals surface area contributed by atoms with Gasteiger partial charge in [0.2, 0.25) is 0 Å². The molecule has 0 unspecified atom stereocenters. The van der Waals surface area contributed by atoms with Crippen molar-refractivity contribution in [2.75, 3.05) is 76.9 Å². The smallest absolute Gasteiger partial charge is 0.318 e. The number of nitriles is 1. The van der Waals surface area contributed by atoms with Crippen molar-refractivity contribution < 1.29 is 9.47 Å². The Labute approximate surface area is 216 Å². The molecule has 9 nitrogen and oxygen atoms in total. The van der Waals surface area contributed by atoms with Crippen LogP contribution in [-0.2, 0) is 13.0 Å². The molecule has 1 aromatic heterocycles. The highest BCUT2D eigenvalue weighted by Crippen LogP contribution is 2.34. The minimum Gasteiger partial charge on any atom is -0.496 e. The van der Waals surface area contributed by atoms with E-state index in [4.69, 9.17) is 19.7 Å². The molecule has 9 heteroatoms. The monoisotopic (exact) mass is 495 g/mol. The van der Waals surface area contributed by atoms with Crippen molar-refractivity contribution in [2.24, 2.45) is 0 Å². The molecule has 0 spiro atoms. The molecule has 0 atom stereocenters. The average Bonchev–Trinajstić information content (AvgIpc) is 3.40. The second-order valence-electron chi connectivity index (χ2n) is 9.21. The molecule has 0 saturated carbocycles. The topological polar surface area (TPSA) is 89.8 Å². The Hall–Kier alpha value is -3.09. The third kappa shape index (κ3) is 6.99. The third-order valence-electron chi connectivity index (χ3n) is 6.77. The summed E-state index contributed by atoms with van der Waals surface area (Å²) in [6.07, 6.45) is 3.75. The normalized spacial score (nSPS) is 17.1. The van der Waals surface area contributed by atoms with E-state index in [0.717, 1.165) is 68.5 Å². The van der Waals surface area contributed by atoms with E-state index in [1.54, 1.807) is 20.3 Å². The van der Waals surface area contributed by atoms with Gasteiger partial charge in [0.05, 0.1) is 32.5 Å². The highest BCUT2D eigenvalue weighted by molar-refractivity contribution is 5.61. The van der Waals surface area contributed by atoms with Gasteiger partial charge in [0.25, 0.3) is 0 Å². The van der Waals surface area contributed by atoms with Gasteiger partial charge in [-0.2, -0.15) is 15.2 Å². The molecule has 1 N–H and O–H groups in total. The van der Waals surface area contributed by atoms with E-state index in [2.05, 4.69) is 45.0 Å². The van der Waals surface area contributed by atoms with Crippen molar-refractivity contribution >= 4 is 11.5 Å². The zero-order chi connectivity index (χ0) is 25.9. The molecule has 2 saturated heterocycles. The number of ether oxygens (including phenoxy) is 2. The van der Waals surface area contributed by atoms with Gasteiger partial charge in [0.1, 0.15) is 11.6 Å². The van der Waals surface area contributed by atoms with Crippen LogP contribution in [0.5, 0.6) is 11.8 Å². The summed E-state index contributed by atoms with van der Waals surface area (Å²) < 4.78 is 10.9. The third-order valence-corrected chi connectivity index (χ3v) is 6.77. The van der Waals surface area contributed by atoms with Gasteiger partial charge < -0.3 is 29.5 Å². The van der Waals surface area contributed by atoms with Crippen LogP contribution in [0.3, 0.4) is 0 Å². The van der Waals surface area contributed by atoms with Crippen LogP contribution in [0.2, 0.25) is 0 Å². The molecule has 2 fully saturated rings. The number of benzene rings is 1. The van der Waals surface area contributed by atoms with Gasteiger partial charge >= 0.3 is 6.01 Å². The number of hydrogen-bond donors (Lipinski definition) is 1. The van der Waals surface area contributed by atoms with Crippen LogP contribution in [-0.4, -0.2) is 81.9 Å². The maximum absolute atomic E-state index is 7.32. The van der Waals surface area contributed by atoms with E-state index in [-0.39, 0.29) is 0 Å². The number of fused-ring (bicyclic) bond motifs is 1. The Kier molecular flexibility index (Phi) is 10.6. The predicted molar refractivity (Wildman–Crippen MR) is 144 cm³/mol. The fraction of sp³-hybridized carbons (Fsp3) is 0.593. The summed E-state index contributed by atoms with van der Waals surface area (Å²) >= 11 is 0. The number of methoxy groups -OCH3 is 2. The van der Waals surface area contributed by atoms with Gasteiger partial charge in [-0.3, -0.25) is 0 Å². The van der Waals surface area contributed by atoms with Crippen LogP contribution in [0.1, 0.15) is 36.6 Å². The molecule has 196 valence electrons. The van der Waals surface area contributed by atoms with E-state index in [1.807, 2.05) is 12.1 Å². The van der Waals surface area contributed by atoms with Gasteiger partial charge in [0.15, 0.2) is 0 Å². The molecule has 2 aromatic rings. The van der Waals surface area contributed by atoms with Crippen LogP contribution < -0.4 is 24.6 Å². The van der Waals surface area contributed by atoms with Crippen LogP contribution in [0.4, 0.5) is 11.5 Å². The highest BCUT2D eigenvalue weighted by atomic mass is 16.5. The van der Waals surface area contributed by atoms with Crippen LogP contribution in [0.25, 0.3) is 0 Å². The van der Waals surface area contributed by atoms with Crippen molar-refractivity contribution in [3.05, 3.63) is 35.0 Å². The number of nitrogens with one attached hydrogen (secondary N) is 1. The highest BCUT2D eigenvalue weighted by Gasteiger charge is 2.27. The first-order valence-electron chi connectivity index (χ1n) is 12.8. The second kappa shape index (κ2) is 13.9. The molecule has 36 heavy (non-hydrogen) atoms. The summed E-state index contributed by atoms with van der Waals surface area (Å²) in [4.78, 5) is 16.5. The zero-order valence-corrected chi connectivity index (χ0v) is 22.5. The van der Waals surface area contributed by atoms with Gasteiger partial charge in [-0.05, 0) is 58.5 Å². The zero-order valence-electron chi connectivity index (χ0n) is 22.5. The van der Waals surface area contributed by atoms with Crippen molar-refractivity contribution in [3.8, 4) is 17.8 Å². The first-order valence-corrected chi connectivity index (χ1v) is 12.8. The Morgan fingerprint density at radius 1 is 0.972 bits per heavy atom. The van der Waals surface area contributed by atoms with Crippen molar-refractivity contribution in [2.45, 2.75) is 39.7 Å². The fourth-order valence-corrected chi connectivity index (χ4v) is 4.87. The molecule has 5 rings (SSSR count).